The van der Waals surface area contributed by atoms with Crippen LogP contribution in [0.25, 0.3) is 0 Å². The number of aliphatic hydroxyl groups is 1. The van der Waals surface area contributed by atoms with Crippen molar-refractivity contribution in [2.24, 2.45) is 0 Å². The molecule has 18 heavy (non-hydrogen) atoms. The molecule has 1 fully saturated rings. The summed E-state index contributed by atoms with van der Waals surface area (Å²) in [4.78, 5) is 11.7. The van der Waals surface area contributed by atoms with E-state index in [-0.39, 0.29) is 5.56 Å². The Bertz CT molecular complexity index is 437. The molecule has 1 aromatic rings. The quantitative estimate of drug-likeness (QED) is 0.658. The Kier molecular flexibility index (Phi) is 3.56. The van der Waals surface area contributed by atoms with E-state index in [0.29, 0.717) is 0 Å². The van der Waals surface area contributed by atoms with Crippen LogP contribution in [0.3, 0.4) is 0 Å². The average molecular weight is 274 g/mol. The number of hydrogen-bond acceptors (Lipinski definition) is 4. The smallest absolute Gasteiger partial charge is 0.338 e. The van der Waals surface area contributed by atoms with Crippen LogP contribution >= 0.6 is 11.6 Å². The van der Waals surface area contributed by atoms with Crippen LogP contribution in [-0.2, 0) is 9.47 Å². The zero-order chi connectivity index (χ0) is 13.3. The minimum Gasteiger partial charge on any atom is -0.451 e. The zero-order valence-electron chi connectivity index (χ0n) is 9.25. The molecule has 1 N–H and O–H groups in total. The summed E-state index contributed by atoms with van der Waals surface area (Å²) in [6.07, 6.45) is -4.42. The van der Waals surface area contributed by atoms with Gasteiger partial charge in [-0.3, -0.25) is 0 Å². The first-order valence-electron chi connectivity index (χ1n) is 5.23. The highest BCUT2D eigenvalue weighted by atomic mass is 35.5. The Hall–Kier alpha value is -1.17. The van der Waals surface area contributed by atoms with Crippen molar-refractivity contribution in [3.05, 3.63) is 42.8 Å². The first-order chi connectivity index (χ1) is 8.43. The highest BCUT2D eigenvalue weighted by Crippen LogP contribution is 2.39. The number of aliphatic hydroxyl groups excluding tert-OH is 1. The number of halogens is 2. The normalized spacial score (nSPS) is 35.4. The molecule has 1 unspecified atom stereocenters. The van der Waals surface area contributed by atoms with Crippen molar-refractivity contribution in [1.82, 2.24) is 0 Å². The van der Waals surface area contributed by atoms with Crippen molar-refractivity contribution < 1.29 is 23.8 Å². The lowest BCUT2D eigenvalue weighted by atomic mass is 10.1. The first kappa shape index (κ1) is 13.3. The van der Waals surface area contributed by atoms with Crippen LogP contribution in [0.5, 0.6) is 0 Å². The van der Waals surface area contributed by atoms with Gasteiger partial charge in [0.25, 0.3) is 5.13 Å². The van der Waals surface area contributed by atoms with Crippen LogP contribution in [0.15, 0.2) is 30.3 Å². The third-order valence-corrected chi connectivity index (χ3v) is 3.00. The van der Waals surface area contributed by atoms with Gasteiger partial charge >= 0.3 is 5.97 Å². The number of ether oxygens (including phenoxy) is 2. The van der Waals surface area contributed by atoms with Gasteiger partial charge in [-0.15, -0.1) is 0 Å². The molecule has 6 heteroatoms. The number of benzene rings is 1. The van der Waals surface area contributed by atoms with Crippen molar-refractivity contribution in [2.75, 3.05) is 0 Å². The Morgan fingerprint density at radius 1 is 1.50 bits per heavy atom. The van der Waals surface area contributed by atoms with Gasteiger partial charge < -0.3 is 14.6 Å². The highest BCUT2D eigenvalue weighted by Gasteiger charge is 2.57. The van der Waals surface area contributed by atoms with Gasteiger partial charge in [-0.05, 0) is 19.1 Å². The third-order valence-electron chi connectivity index (χ3n) is 2.59. The van der Waals surface area contributed by atoms with E-state index in [1.807, 2.05) is 0 Å². The number of carbonyl (C=O) groups excluding carboxylic acids is 1. The molecule has 4 nitrogen and oxygen atoms in total. The van der Waals surface area contributed by atoms with E-state index in [9.17, 15) is 14.3 Å². The van der Waals surface area contributed by atoms with E-state index < -0.39 is 29.6 Å². The molecule has 1 aliphatic rings. The van der Waals surface area contributed by atoms with Gasteiger partial charge in [0.2, 0.25) is 6.29 Å². The fraction of sp³-hybridized carbons (Fsp3) is 0.333. The number of esters is 1. The molecule has 1 radical (unpaired) electrons. The molecule has 0 saturated carbocycles. The maximum atomic E-state index is 13.9. The molecule has 0 spiro atoms. The predicted molar refractivity (Wildman–Crippen MR) is 61.6 cm³/mol. The predicted octanol–water partition coefficient (Wildman–Crippen LogP) is 1.67. The van der Waals surface area contributed by atoms with E-state index in [1.54, 1.807) is 18.2 Å². The second-order valence-corrected chi connectivity index (χ2v) is 4.47. The largest absolute Gasteiger partial charge is 0.451 e. The Balaban J connectivity index is 2.12. The molecule has 1 heterocycles. The second kappa shape index (κ2) is 4.84. The van der Waals surface area contributed by atoms with E-state index in [4.69, 9.17) is 16.3 Å². The minimum atomic E-state index is -2.70. The van der Waals surface area contributed by atoms with Gasteiger partial charge in [-0.2, -0.15) is 0 Å². The van der Waals surface area contributed by atoms with E-state index in [1.165, 1.54) is 12.1 Å². The number of alkyl halides is 2. The van der Waals surface area contributed by atoms with Crippen molar-refractivity contribution in [3.8, 4) is 0 Å². The molecule has 0 amide bonds. The first-order valence-corrected chi connectivity index (χ1v) is 5.61. The van der Waals surface area contributed by atoms with Crippen molar-refractivity contribution in [1.29, 1.82) is 0 Å². The standard InChI is InChI=1S/C12H11ClFO4/c1-7-9(12(13,14)11(16)17-7)18-10(15)8-5-3-2-4-6-8/h2-7,9,11,16H,1H2/t7-,9-,11?,12-/m1/s1. The number of rotatable bonds is 2. The van der Waals surface area contributed by atoms with E-state index >= 15 is 0 Å². The fourth-order valence-electron chi connectivity index (χ4n) is 1.63. The Labute approximate surface area is 108 Å². The summed E-state index contributed by atoms with van der Waals surface area (Å²) < 4.78 is 23.5. The molecule has 0 aliphatic carbocycles. The van der Waals surface area contributed by atoms with Crippen LogP contribution in [0.1, 0.15) is 10.4 Å². The fourth-order valence-corrected chi connectivity index (χ4v) is 1.86. The summed E-state index contributed by atoms with van der Waals surface area (Å²) in [5.41, 5.74) is 0.249. The van der Waals surface area contributed by atoms with E-state index in [0.717, 1.165) is 0 Å². The molecular formula is C12H11ClFO4. The summed E-state index contributed by atoms with van der Waals surface area (Å²) in [5, 5.41) is 6.52. The molecule has 1 aliphatic heterocycles. The summed E-state index contributed by atoms with van der Waals surface area (Å²) in [6.45, 7) is 3.43. The topological polar surface area (TPSA) is 55.8 Å². The minimum absolute atomic E-state index is 0.249. The van der Waals surface area contributed by atoms with Crippen LogP contribution in [-0.4, -0.2) is 34.7 Å². The Morgan fingerprint density at radius 3 is 2.61 bits per heavy atom. The van der Waals surface area contributed by atoms with Gasteiger partial charge in [0.1, 0.15) is 6.10 Å². The van der Waals surface area contributed by atoms with Gasteiger partial charge in [-0.25, -0.2) is 9.18 Å². The summed E-state index contributed by atoms with van der Waals surface area (Å²) in [7, 11) is 0. The van der Waals surface area contributed by atoms with Crippen LogP contribution in [0.4, 0.5) is 4.39 Å². The van der Waals surface area contributed by atoms with Gasteiger partial charge in [0, 0.05) is 0 Å². The molecule has 97 valence electrons. The lowest BCUT2D eigenvalue weighted by Crippen LogP contribution is -2.41. The lowest BCUT2D eigenvalue weighted by molar-refractivity contribution is -0.114. The van der Waals surface area contributed by atoms with Gasteiger partial charge in [0.15, 0.2) is 6.10 Å². The third kappa shape index (κ3) is 2.34. The second-order valence-electron chi connectivity index (χ2n) is 3.89. The highest BCUT2D eigenvalue weighted by molar-refractivity contribution is 6.24. The van der Waals surface area contributed by atoms with Crippen LogP contribution < -0.4 is 0 Å². The molecular weight excluding hydrogens is 263 g/mol. The maximum Gasteiger partial charge on any atom is 0.338 e. The number of hydrogen-bond donors (Lipinski definition) is 1. The lowest BCUT2D eigenvalue weighted by Gasteiger charge is -2.22. The Morgan fingerprint density at radius 2 is 2.11 bits per heavy atom. The van der Waals surface area contributed by atoms with Crippen LogP contribution in [0, 0.1) is 6.92 Å². The molecule has 1 saturated heterocycles. The number of carbonyl (C=O) groups is 1. The van der Waals surface area contributed by atoms with E-state index in [2.05, 4.69) is 11.7 Å². The van der Waals surface area contributed by atoms with Gasteiger partial charge in [-0.1, -0.05) is 29.8 Å². The van der Waals surface area contributed by atoms with Crippen molar-refractivity contribution in [2.45, 2.75) is 23.6 Å². The molecule has 2 rings (SSSR count). The molecule has 0 aromatic heterocycles. The van der Waals surface area contributed by atoms with Crippen LogP contribution in [0.2, 0.25) is 0 Å². The van der Waals surface area contributed by atoms with Crippen molar-refractivity contribution in [3.63, 3.8) is 0 Å². The summed E-state index contributed by atoms with van der Waals surface area (Å²) in [6, 6.07) is 8.04. The average Bonchev–Trinajstić information content (AvgIpc) is 2.53. The molecule has 0 bridgehead atoms. The monoisotopic (exact) mass is 273 g/mol. The SMILES string of the molecule is [CH2][C@H]1OC(O)[C@@](F)(Cl)[C@@H]1OC(=O)c1ccccc1. The summed E-state index contributed by atoms with van der Waals surface area (Å²) >= 11 is 5.45. The molecule has 1 aromatic carbocycles. The summed E-state index contributed by atoms with van der Waals surface area (Å²) in [5.74, 6) is -0.755. The van der Waals surface area contributed by atoms with Crippen molar-refractivity contribution >= 4 is 17.6 Å². The zero-order valence-corrected chi connectivity index (χ0v) is 10.0. The van der Waals surface area contributed by atoms with Gasteiger partial charge in [0.05, 0.1) is 5.56 Å². The molecule has 4 atom stereocenters. The maximum absolute atomic E-state index is 13.9.